The van der Waals surface area contributed by atoms with Crippen molar-refractivity contribution in [1.82, 2.24) is 0 Å². The fourth-order valence-electron chi connectivity index (χ4n) is 2.95. The Hall–Kier alpha value is -3.58. The maximum Gasteiger partial charge on any atom is 0.243 e. The van der Waals surface area contributed by atoms with E-state index >= 15 is 0 Å². The quantitative estimate of drug-likeness (QED) is 0.727. The highest BCUT2D eigenvalue weighted by Crippen LogP contribution is 2.24. The van der Waals surface area contributed by atoms with Crippen molar-refractivity contribution in [3.05, 3.63) is 83.9 Å². The van der Waals surface area contributed by atoms with Gasteiger partial charge in [0.1, 0.15) is 0 Å². The highest BCUT2D eigenvalue weighted by Gasteiger charge is 2.09. The molecule has 0 heterocycles. The third-order valence-electron chi connectivity index (χ3n) is 4.42. The van der Waals surface area contributed by atoms with Crippen LogP contribution in [-0.4, -0.2) is 19.5 Å². The lowest BCUT2D eigenvalue weighted by atomic mass is 10.0. The van der Waals surface area contributed by atoms with Gasteiger partial charge in [-0.1, -0.05) is 42.5 Å². The number of rotatable bonds is 5. The van der Waals surface area contributed by atoms with Crippen LogP contribution in [0.15, 0.2) is 72.8 Å². The molecule has 0 aliphatic rings. The Morgan fingerprint density at radius 3 is 2.48 bits per heavy atom. The van der Waals surface area contributed by atoms with Crippen LogP contribution in [0.2, 0.25) is 0 Å². The van der Waals surface area contributed by atoms with Gasteiger partial charge in [0.25, 0.3) is 0 Å². The summed E-state index contributed by atoms with van der Waals surface area (Å²) in [5.41, 5.74) is 5.70. The molecule has 134 valence electrons. The summed E-state index contributed by atoms with van der Waals surface area (Å²) in [6.45, 7) is 2.29. The van der Waals surface area contributed by atoms with Gasteiger partial charge in [-0.05, 0) is 53.9 Å². The Bertz CT molecular complexity index is 987. The van der Waals surface area contributed by atoms with Gasteiger partial charge in [0.15, 0.2) is 0 Å². The number of hydrogen-bond donors (Lipinski definition) is 1. The van der Waals surface area contributed by atoms with E-state index in [0.717, 1.165) is 16.9 Å². The molecule has 0 fully saturated rings. The molecule has 3 aromatic rings. The molecule has 0 radical (unpaired) electrons. The SMILES string of the molecule is Cc1ccccc1-c1ccc(NC(=O)CN(C)c2cccc(C#N)c2)cc1. The molecule has 3 aromatic carbocycles. The van der Waals surface area contributed by atoms with E-state index in [0.29, 0.717) is 5.56 Å². The molecule has 0 saturated carbocycles. The number of nitrogens with one attached hydrogen (secondary N) is 1. The minimum Gasteiger partial charge on any atom is -0.365 e. The van der Waals surface area contributed by atoms with Crippen molar-refractivity contribution in [1.29, 1.82) is 5.26 Å². The van der Waals surface area contributed by atoms with Gasteiger partial charge in [-0.3, -0.25) is 4.79 Å². The molecule has 1 amide bonds. The Balaban J connectivity index is 1.64. The summed E-state index contributed by atoms with van der Waals surface area (Å²) in [6, 6.07) is 25.4. The number of benzene rings is 3. The number of aryl methyl sites for hydroxylation is 1. The van der Waals surface area contributed by atoms with Crippen molar-refractivity contribution < 1.29 is 4.79 Å². The van der Waals surface area contributed by atoms with Crippen LogP contribution in [0, 0.1) is 18.3 Å². The van der Waals surface area contributed by atoms with Crippen LogP contribution < -0.4 is 10.2 Å². The summed E-state index contributed by atoms with van der Waals surface area (Å²) in [5.74, 6) is -0.108. The van der Waals surface area contributed by atoms with Crippen LogP contribution >= 0.6 is 0 Å². The first-order valence-electron chi connectivity index (χ1n) is 8.74. The molecule has 0 aliphatic heterocycles. The number of likely N-dealkylation sites (N-methyl/N-ethyl adjacent to an activating group) is 1. The predicted molar refractivity (Wildman–Crippen MR) is 110 cm³/mol. The molecule has 27 heavy (non-hydrogen) atoms. The number of amides is 1. The van der Waals surface area contributed by atoms with Crippen LogP contribution in [-0.2, 0) is 4.79 Å². The summed E-state index contributed by atoms with van der Waals surface area (Å²) in [5, 5.41) is 11.9. The highest BCUT2D eigenvalue weighted by molar-refractivity contribution is 5.94. The molecule has 0 unspecified atom stereocenters. The minimum absolute atomic E-state index is 0.108. The van der Waals surface area contributed by atoms with Crippen molar-refractivity contribution in [2.24, 2.45) is 0 Å². The lowest BCUT2D eigenvalue weighted by Crippen LogP contribution is -2.30. The van der Waals surface area contributed by atoms with Crippen molar-refractivity contribution in [3.8, 4) is 17.2 Å². The van der Waals surface area contributed by atoms with Crippen molar-refractivity contribution in [2.75, 3.05) is 23.8 Å². The third-order valence-corrected chi connectivity index (χ3v) is 4.42. The lowest BCUT2D eigenvalue weighted by molar-refractivity contribution is -0.114. The number of hydrogen-bond acceptors (Lipinski definition) is 3. The molecule has 1 N–H and O–H groups in total. The number of anilines is 2. The highest BCUT2D eigenvalue weighted by atomic mass is 16.2. The van der Waals surface area contributed by atoms with Gasteiger partial charge in [-0.25, -0.2) is 0 Å². The van der Waals surface area contributed by atoms with E-state index < -0.39 is 0 Å². The summed E-state index contributed by atoms with van der Waals surface area (Å²) in [6.07, 6.45) is 0. The second kappa shape index (κ2) is 8.20. The molecule has 0 saturated heterocycles. The van der Waals surface area contributed by atoms with Gasteiger partial charge in [-0.15, -0.1) is 0 Å². The van der Waals surface area contributed by atoms with E-state index in [4.69, 9.17) is 5.26 Å². The second-order valence-corrected chi connectivity index (χ2v) is 6.46. The van der Waals surface area contributed by atoms with Gasteiger partial charge in [0.05, 0.1) is 18.2 Å². The van der Waals surface area contributed by atoms with Crippen LogP contribution in [0.1, 0.15) is 11.1 Å². The summed E-state index contributed by atoms with van der Waals surface area (Å²) in [4.78, 5) is 14.2. The van der Waals surface area contributed by atoms with E-state index in [-0.39, 0.29) is 12.5 Å². The summed E-state index contributed by atoms with van der Waals surface area (Å²) >= 11 is 0. The monoisotopic (exact) mass is 355 g/mol. The predicted octanol–water partition coefficient (Wildman–Crippen LogP) is 4.61. The molecular weight excluding hydrogens is 334 g/mol. The average molecular weight is 355 g/mol. The van der Waals surface area contributed by atoms with Crippen LogP contribution in [0.3, 0.4) is 0 Å². The van der Waals surface area contributed by atoms with E-state index in [2.05, 4.69) is 30.4 Å². The van der Waals surface area contributed by atoms with Gasteiger partial charge in [-0.2, -0.15) is 5.26 Å². The molecule has 0 spiro atoms. The molecule has 4 nitrogen and oxygen atoms in total. The Morgan fingerprint density at radius 2 is 1.78 bits per heavy atom. The van der Waals surface area contributed by atoms with Crippen LogP contribution in [0.4, 0.5) is 11.4 Å². The molecule has 4 heteroatoms. The van der Waals surface area contributed by atoms with Gasteiger partial charge < -0.3 is 10.2 Å². The lowest BCUT2D eigenvalue weighted by Gasteiger charge is -2.19. The molecule has 0 atom stereocenters. The van der Waals surface area contributed by atoms with Crippen molar-refractivity contribution in [3.63, 3.8) is 0 Å². The number of nitriles is 1. The van der Waals surface area contributed by atoms with E-state index in [1.807, 2.05) is 60.5 Å². The first-order chi connectivity index (χ1) is 13.1. The van der Waals surface area contributed by atoms with Crippen LogP contribution in [0.25, 0.3) is 11.1 Å². The van der Waals surface area contributed by atoms with E-state index in [1.54, 1.807) is 12.1 Å². The van der Waals surface area contributed by atoms with Crippen molar-refractivity contribution >= 4 is 17.3 Å². The Morgan fingerprint density at radius 1 is 1.04 bits per heavy atom. The van der Waals surface area contributed by atoms with Crippen LogP contribution in [0.5, 0.6) is 0 Å². The van der Waals surface area contributed by atoms with Gasteiger partial charge >= 0.3 is 0 Å². The molecule has 0 aromatic heterocycles. The Kier molecular flexibility index (Phi) is 5.53. The van der Waals surface area contributed by atoms with Gasteiger partial charge in [0.2, 0.25) is 5.91 Å². The first kappa shape index (κ1) is 18.2. The zero-order valence-electron chi connectivity index (χ0n) is 15.4. The standard InChI is InChI=1S/C23H21N3O/c1-17-6-3-4-9-22(17)19-10-12-20(13-11-19)25-23(27)16-26(2)21-8-5-7-18(14-21)15-24/h3-14H,16H2,1-2H3,(H,25,27). The maximum absolute atomic E-state index is 12.3. The topological polar surface area (TPSA) is 56.1 Å². The molecule has 0 aliphatic carbocycles. The smallest absolute Gasteiger partial charge is 0.243 e. The van der Waals surface area contributed by atoms with Gasteiger partial charge in [0, 0.05) is 18.4 Å². The Labute approximate surface area is 159 Å². The summed E-state index contributed by atoms with van der Waals surface area (Å²) < 4.78 is 0. The molecule has 3 rings (SSSR count). The normalized spacial score (nSPS) is 10.1. The summed E-state index contributed by atoms with van der Waals surface area (Å²) in [7, 11) is 1.83. The largest absolute Gasteiger partial charge is 0.365 e. The van der Waals surface area contributed by atoms with E-state index in [9.17, 15) is 4.79 Å². The average Bonchev–Trinajstić information content (AvgIpc) is 2.69. The molecular formula is C23H21N3O. The van der Waals surface area contributed by atoms with E-state index in [1.165, 1.54) is 11.1 Å². The minimum atomic E-state index is -0.108. The zero-order valence-corrected chi connectivity index (χ0v) is 15.4. The number of carbonyl (C=O) groups excluding carboxylic acids is 1. The maximum atomic E-state index is 12.3. The van der Waals surface area contributed by atoms with Crippen molar-refractivity contribution in [2.45, 2.75) is 6.92 Å². The fourth-order valence-corrected chi connectivity index (χ4v) is 2.95. The molecule has 0 bridgehead atoms. The number of carbonyl (C=O) groups is 1. The number of nitrogens with zero attached hydrogens (tertiary/aromatic N) is 2. The zero-order chi connectivity index (χ0) is 19.2. The fraction of sp³-hybridized carbons (Fsp3) is 0.130. The third kappa shape index (κ3) is 4.53. The first-order valence-corrected chi connectivity index (χ1v) is 8.74. The second-order valence-electron chi connectivity index (χ2n) is 6.46.